The summed E-state index contributed by atoms with van der Waals surface area (Å²) in [4.78, 5) is 12.4. The van der Waals surface area contributed by atoms with Crippen molar-refractivity contribution in [2.24, 2.45) is 13.0 Å². The zero-order valence-electron chi connectivity index (χ0n) is 23.2. The third-order valence-electron chi connectivity index (χ3n) is 6.56. The monoisotopic (exact) mass is 463 g/mol. The van der Waals surface area contributed by atoms with Crippen molar-refractivity contribution in [3.63, 3.8) is 0 Å². The number of para-hydroxylation sites is 1. The van der Waals surface area contributed by atoms with Crippen LogP contribution in [0.25, 0.3) is 22.2 Å². The SMILES string of the molecule is CC.CC.CC.CCCCC(=O)C1CCC(c2cccc(-c3cc4ccccc4n3C)c2)CC1. The summed E-state index contributed by atoms with van der Waals surface area (Å²) in [6.07, 6.45) is 7.34. The van der Waals surface area contributed by atoms with E-state index in [0.29, 0.717) is 17.6 Å². The second-order valence-electron chi connectivity index (χ2n) is 8.39. The molecule has 34 heavy (non-hydrogen) atoms. The number of aromatic nitrogens is 1. The number of carbonyl (C=O) groups excluding carboxylic acids is 1. The third kappa shape index (κ3) is 7.58. The number of nitrogens with zero attached hydrogens (tertiary/aromatic N) is 1. The first kappa shape index (κ1) is 29.7. The molecule has 0 spiro atoms. The minimum Gasteiger partial charge on any atom is -0.344 e. The Morgan fingerprint density at radius 1 is 0.853 bits per heavy atom. The first-order chi connectivity index (χ1) is 16.7. The second-order valence-corrected chi connectivity index (χ2v) is 8.39. The molecule has 0 unspecified atom stereocenters. The van der Waals surface area contributed by atoms with E-state index in [1.807, 2.05) is 41.5 Å². The van der Waals surface area contributed by atoms with Gasteiger partial charge in [0.15, 0.2) is 0 Å². The van der Waals surface area contributed by atoms with Crippen LogP contribution in [-0.4, -0.2) is 10.4 Å². The molecule has 2 nitrogen and oxygen atoms in total. The zero-order valence-corrected chi connectivity index (χ0v) is 23.2. The topological polar surface area (TPSA) is 22.0 Å². The van der Waals surface area contributed by atoms with E-state index in [0.717, 1.165) is 44.9 Å². The lowest BCUT2D eigenvalue weighted by Crippen LogP contribution is -2.21. The first-order valence-corrected chi connectivity index (χ1v) is 13.8. The molecule has 1 aliphatic carbocycles. The maximum atomic E-state index is 12.4. The third-order valence-corrected chi connectivity index (χ3v) is 6.56. The summed E-state index contributed by atoms with van der Waals surface area (Å²) in [6.45, 7) is 14.2. The largest absolute Gasteiger partial charge is 0.344 e. The molecule has 2 heteroatoms. The Labute approximate surface area is 209 Å². The normalized spacial score (nSPS) is 16.8. The van der Waals surface area contributed by atoms with E-state index in [-0.39, 0.29) is 0 Å². The van der Waals surface area contributed by atoms with Gasteiger partial charge in [0.25, 0.3) is 0 Å². The molecule has 2 aromatic carbocycles. The number of hydrogen-bond donors (Lipinski definition) is 0. The lowest BCUT2D eigenvalue weighted by molar-refractivity contribution is -0.124. The van der Waals surface area contributed by atoms with Gasteiger partial charge in [-0.05, 0) is 67.3 Å². The zero-order chi connectivity index (χ0) is 25.5. The standard InChI is InChI=1S/C26H31NO.3C2H6/c1-3-4-12-26(28)20-15-13-19(14-16-20)21-9-7-10-22(17-21)25-18-23-8-5-6-11-24(23)27(25)2;3*1-2/h5-11,17-20H,3-4,12-16H2,1-2H3;3*1-2H3. The van der Waals surface area contributed by atoms with Crippen molar-refractivity contribution in [1.29, 1.82) is 0 Å². The Hall–Kier alpha value is -2.35. The summed E-state index contributed by atoms with van der Waals surface area (Å²) in [5.74, 6) is 1.40. The van der Waals surface area contributed by atoms with E-state index in [9.17, 15) is 4.79 Å². The molecule has 188 valence electrons. The van der Waals surface area contributed by atoms with Crippen LogP contribution in [0.15, 0.2) is 54.6 Å². The average molecular weight is 464 g/mol. The highest BCUT2D eigenvalue weighted by Gasteiger charge is 2.26. The van der Waals surface area contributed by atoms with Crippen molar-refractivity contribution in [3.8, 4) is 11.3 Å². The van der Waals surface area contributed by atoms with Crippen LogP contribution in [0.3, 0.4) is 0 Å². The fourth-order valence-corrected chi connectivity index (χ4v) is 4.82. The number of fused-ring (bicyclic) bond motifs is 1. The molecule has 0 atom stereocenters. The highest BCUT2D eigenvalue weighted by molar-refractivity contribution is 5.87. The van der Waals surface area contributed by atoms with Crippen LogP contribution in [-0.2, 0) is 11.8 Å². The summed E-state index contributed by atoms with van der Waals surface area (Å²) < 4.78 is 2.29. The lowest BCUT2D eigenvalue weighted by atomic mass is 9.76. The fraction of sp³-hybridized carbons (Fsp3) is 0.531. The summed E-state index contributed by atoms with van der Waals surface area (Å²) >= 11 is 0. The molecular weight excluding hydrogens is 414 g/mol. The van der Waals surface area contributed by atoms with Crippen LogP contribution < -0.4 is 0 Å². The molecule has 0 amide bonds. The van der Waals surface area contributed by atoms with Crippen LogP contribution >= 0.6 is 0 Å². The van der Waals surface area contributed by atoms with E-state index in [2.05, 4.69) is 73.1 Å². The molecule has 1 fully saturated rings. The summed E-state index contributed by atoms with van der Waals surface area (Å²) in [5.41, 5.74) is 5.26. The van der Waals surface area contributed by atoms with Gasteiger partial charge in [-0.3, -0.25) is 4.79 Å². The number of hydrogen-bond acceptors (Lipinski definition) is 1. The van der Waals surface area contributed by atoms with Crippen molar-refractivity contribution in [2.75, 3.05) is 0 Å². The van der Waals surface area contributed by atoms with E-state index in [1.54, 1.807) is 0 Å². The molecule has 0 aliphatic heterocycles. The van der Waals surface area contributed by atoms with Crippen LogP contribution in [0.5, 0.6) is 0 Å². The predicted molar refractivity (Wildman–Crippen MR) is 152 cm³/mol. The van der Waals surface area contributed by atoms with Gasteiger partial charge >= 0.3 is 0 Å². The second kappa shape index (κ2) is 16.3. The lowest BCUT2D eigenvalue weighted by Gasteiger charge is -2.28. The number of rotatable bonds is 6. The summed E-state index contributed by atoms with van der Waals surface area (Å²) in [6, 6.07) is 19.9. The number of unbranched alkanes of at least 4 members (excludes halogenated alkanes) is 1. The minimum absolute atomic E-state index is 0.309. The van der Waals surface area contributed by atoms with Gasteiger partial charge in [0, 0.05) is 36.0 Å². The highest BCUT2D eigenvalue weighted by Crippen LogP contribution is 2.38. The number of Topliss-reactive ketones (excluding diaryl/α,β-unsaturated/α-hetero) is 1. The van der Waals surface area contributed by atoms with Crippen molar-refractivity contribution in [2.45, 2.75) is 99.3 Å². The van der Waals surface area contributed by atoms with Crippen LogP contribution in [0.2, 0.25) is 0 Å². The molecule has 0 radical (unpaired) electrons. The van der Waals surface area contributed by atoms with E-state index in [4.69, 9.17) is 0 Å². The molecule has 1 heterocycles. The Kier molecular flexibility index (Phi) is 14.2. The number of benzene rings is 2. The van der Waals surface area contributed by atoms with Gasteiger partial charge in [-0.1, -0.05) is 91.3 Å². The van der Waals surface area contributed by atoms with Gasteiger partial charge in [0.05, 0.1) is 0 Å². The number of aryl methyl sites for hydroxylation is 1. The van der Waals surface area contributed by atoms with Gasteiger partial charge in [-0.15, -0.1) is 0 Å². The molecular formula is C32H49NO. The number of ketones is 1. The summed E-state index contributed by atoms with van der Waals surface area (Å²) in [5, 5.41) is 1.29. The Morgan fingerprint density at radius 3 is 2.12 bits per heavy atom. The van der Waals surface area contributed by atoms with Gasteiger partial charge in [-0.25, -0.2) is 0 Å². The smallest absolute Gasteiger partial charge is 0.135 e. The molecule has 3 aromatic rings. The van der Waals surface area contributed by atoms with Crippen molar-refractivity contribution in [1.82, 2.24) is 4.57 Å². The maximum absolute atomic E-state index is 12.4. The Morgan fingerprint density at radius 2 is 1.50 bits per heavy atom. The Bertz CT molecular complexity index is 960. The van der Waals surface area contributed by atoms with Gasteiger partial charge in [0.2, 0.25) is 0 Å². The van der Waals surface area contributed by atoms with E-state index < -0.39 is 0 Å². The van der Waals surface area contributed by atoms with Gasteiger partial charge in [-0.2, -0.15) is 0 Å². The van der Waals surface area contributed by atoms with Crippen molar-refractivity contribution in [3.05, 3.63) is 60.2 Å². The molecule has 0 N–H and O–H groups in total. The fourth-order valence-electron chi connectivity index (χ4n) is 4.82. The maximum Gasteiger partial charge on any atom is 0.135 e. The van der Waals surface area contributed by atoms with Crippen LogP contribution in [0.1, 0.15) is 105 Å². The van der Waals surface area contributed by atoms with Crippen LogP contribution in [0.4, 0.5) is 0 Å². The summed E-state index contributed by atoms with van der Waals surface area (Å²) in [7, 11) is 2.15. The minimum atomic E-state index is 0.309. The predicted octanol–water partition coefficient (Wildman–Crippen LogP) is 9.96. The molecule has 1 aromatic heterocycles. The van der Waals surface area contributed by atoms with Crippen molar-refractivity contribution < 1.29 is 4.79 Å². The molecule has 4 rings (SSSR count). The molecule has 1 aliphatic rings. The van der Waals surface area contributed by atoms with E-state index in [1.165, 1.54) is 27.7 Å². The molecule has 0 saturated heterocycles. The van der Waals surface area contributed by atoms with Crippen molar-refractivity contribution >= 4 is 16.7 Å². The van der Waals surface area contributed by atoms with Gasteiger partial charge < -0.3 is 4.57 Å². The Balaban J connectivity index is 0.000000894. The molecule has 0 bridgehead atoms. The number of carbonyl (C=O) groups is 1. The van der Waals surface area contributed by atoms with E-state index >= 15 is 0 Å². The quantitative estimate of drug-likeness (QED) is 0.356. The molecule has 1 saturated carbocycles. The highest BCUT2D eigenvalue weighted by atomic mass is 16.1. The van der Waals surface area contributed by atoms with Crippen LogP contribution in [0, 0.1) is 5.92 Å². The van der Waals surface area contributed by atoms with Gasteiger partial charge in [0.1, 0.15) is 5.78 Å². The first-order valence-electron chi connectivity index (χ1n) is 13.8. The average Bonchev–Trinajstić information content (AvgIpc) is 3.27.